The van der Waals surface area contributed by atoms with Gasteiger partial charge in [0.15, 0.2) is 0 Å². The van der Waals surface area contributed by atoms with Gasteiger partial charge in [-0.25, -0.2) is 0 Å². The lowest BCUT2D eigenvalue weighted by molar-refractivity contribution is -0.0282. The van der Waals surface area contributed by atoms with Crippen molar-refractivity contribution in [3.63, 3.8) is 0 Å². The summed E-state index contributed by atoms with van der Waals surface area (Å²) in [7, 11) is 0. The molecule has 1 fully saturated rings. The molecule has 18 heavy (non-hydrogen) atoms. The molecule has 4 nitrogen and oxygen atoms in total. The Labute approximate surface area is 110 Å². The van der Waals surface area contributed by atoms with Crippen LogP contribution in [0.15, 0.2) is 12.4 Å². The molecule has 0 aliphatic heterocycles. The first-order valence-electron chi connectivity index (χ1n) is 7.12. The van der Waals surface area contributed by atoms with Crippen molar-refractivity contribution in [1.29, 1.82) is 0 Å². The van der Waals surface area contributed by atoms with Crippen molar-refractivity contribution >= 4 is 0 Å². The molecule has 1 aliphatic carbocycles. The van der Waals surface area contributed by atoms with E-state index in [1.54, 1.807) is 0 Å². The molecule has 2 N–H and O–H groups in total. The Hall–Kier alpha value is -0.870. The van der Waals surface area contributed by atoms with E-state index in [4.69, 9.17) is 10.5 Å². The van der Waals surface area contributed by atoms with Crippen molar-refractivity contribution in [2.75, 3.05) is 6.61 Å². The summed E-state index contributed by atoms with van der Waals surface area (Å²) in [6.07, 6.45) is 8.99. The van der Waals surface area contributed by atoms with E-state index in [0.29, 0.717) is 6.10 Å². The molecular weight excluding hydrogens is 226 g/mol. The second-order valence-corrected chi connectivity index (χ2v) is 5.29. The van der Waals surface area contributed by atoms with E-state index in [1.165, 1.54) is 18.4 Å². The standard InChI is InChI=1S/C14H25N3O/c1-3-5-17-10-12(9-16-17)14(15)8-11-6-13(7-11)18-4-2/h9-11,13-14H,3-8,15H2,1-2H3. The lowest BCUT2D eigenvalue weighted by Gasteiger charge is -2.36. The zero-order valence-corrected chi connectivity index (χ0v) is 11.5. The molecule has 1 saturated carbocycles. The average molecular weight is 251 g/mol. The van der Waals surface area contributed by atoms with Gasteiger partial charge in [0.1, 0.15) is 0 Å². The topological polar surface area (TPSA) is 53.1 Å². The smallest absolute Gasteiger partial charge is 0.0580 e. The molecule has 102 valence electrons. The zero-order valence-electron chi connectivity index (χ0n) is 11.5. The highest BCUT2D eigenvalue weighted by atomic mass is 16.5. The molecule has 0 aromatic carbocycles. The number of aryl methyl sites for hydroxylation is 1. The van der Waals surface area contributed by atoms with Crippen LogP contribution in [0, 0.1) is 5.92 Å². The number of hydrogen-bond donors (Lipinski definition) is 1. The molecule has 0 amide bonds. The van der Waals surface area contributed by atoms with Crippen LogP contribution in [0.4, 0.5) is 0 Å². The normalized spacial score (nSPS) is 24.8. The third-order valence-electron chi connectivity index (χ3n) is 3.72. The van der Waals surface area contributed by atoms with Gasteiger partial charge in [-0.2, -0.15) is 5.10 Å². The summed E-state index contributed by atoms with van der Waals surface area (Å²) in [4.78, 5) is 0. The molecule has 0 saturated heterocycles. The number of rotatable bonds is 7. The molecular formula is C14H25N3O. The van der Waals surface area contributed by atoms with Gasteiger partial charge in [0.05, 0.1) is 12.3 Å². The number of hydrogen-bond acceptors (Lipinski definition) is 3. The Morgan fingerprint density at radius 3 is 2.94 bits per heavy atom. The van der Waals surface area contributed by atoms with Crippen LogP contribution in [0.1, 0.15) is 51.1 Å². The van der Waals surface area contributed by atoms with Gasteiger partial charge in [0, 0.05) is 31.0 Å². The van der Waals surface area contributed by atoms with Gasteiger partial charge in [-0.15, -0.1) is 0 Å². The maximum Gasteiger partial charge on any atom is 0.0580 e. The highest BCUT2D eigenvalue weighted by Gasteiger charge is 2.31. The lowest BCUT2D eigenvalue weighted by atomic mass is 9.77. The Morgan fingerprint density at radius 2 is 2.28 bits per heavy atom. The van der Waals surface area contributed by atoms with Gasteiger partial charge in [-0.1, -0.05) is 6.92 Å². The monoisotopic (exact) mass is 251 g/mol. The van der Waals surface area contributed by atoms with E-state index in [1.807, 2.05) is 10.9 Å². The van der Waals surface area contributed by atoms with Crippen molar-refractivity contribution in [3.05, 3.63) is 18.0 Å². The highest BCUT2D eigenvalue weighted by molar-refractivity contribution is 5.10. The van der Waals surface area contributed by atoms with E-state index in [0.717, 1.165) is 31.9 Å². The first kappa shape index (κ1) is 13.6. The van der Waals surface area contributed by atoms with E-state index in [9.17, 15) is 0 Å². The molecule has 0 bridgehead atoms. The summed E-state index contributed by atoms with van der Waals surface area (Å²) in [5.41, 5.74) is 7.41. The van der Waals surface area contributed by atoms with Crippen molar-refractivity contribution in [2.45, 2.75) is 58.2 Å². The van der Waals surface area contributed by atoms with Gasteiger partial charge in [-0.3, -0.25) is 4.68 Å². The molecule has 1 aromatic heterocycles. The summed E-state index contributed by atoms with van der Waals surface area (Å²) < 4.78 is 7.56. The van der Waals surface area contributed by atoms with Crippen LogP contribution in [-0.2, 0) is 11.3 Å². The van der Waals surface area contributed by atoms with Crippen LogP contribution in [-0.4, -0.2) is 22.5 Å². The van der Waals surface area contributed by atoms with E-state index < -0.39 is 0 Å². The van der Waals surface area contributed by atoms with Crippen molar-refractivity contribution in [3.8, 4) is 0 Å². The van der Waals surface area contributed by atoms with Crippen LogP contribution < -0.4 is 5.73 Å². The lowest BCUT2D eigenvalue weighted by Crippen LogP contribution is -2.33. The second-order valence-electron chi connectivity index (χ2n) is 5.29. The predicted octanol–water partition coefficient (Wildman–Crippen LogP) is 2.50. The minimum Gasteiger partial charge on any atom is -0.378 e. The van der Waals surface area contributed by atoms with Crippen LogP contribution in [0.25, 0.3) is 0 Å². The molecule has 1 aromatic rings. The minimum absolute atomic E-state index is 0.128. The maximum atomic E-state index is 6.24. The summed E-state index contributed by atoms with van der Waals surface area (Å²) in [6, 6.07) is 0.128. The van der Waals surface area contributed by atoms with Gasteiger partial charge in [0.2, 0.25) is 0 Å². The second kappa shape index (κ2) is 6.34. The molecule has 0 spiro atoms. The van der Waals surface area contributed by atoms with Crippen molar-refractivity contribution in [2.24, 2.45) is 11.7 Å². The number of nitrogens with zero attached hydrogens (tertiary/aromatic N) is 2. The van der Waals surface area contributed by atoms with Crippen LogP contribution in [0.2, 0.25) is 0 Å². The van der Waals surface area contributed by atoms with Gasteiger partial charge in [0.25, 0.3) is 0 Å². The third kappa shape index (κ3) is 3.33. The summed E-state index contributed by atoms with van der Waals surface area (Å²) in [6.45, 7) is 6.01. The van der Waals surface area contributed by atoms with Crippen LogP contribution >= 0.6 is 0 Å². The minimum atomic E-state index is 0.128. The molecule has 4 heteroatoms. The predicted molar refractivity (Wildman–Crippen MR) is 72.2 cm³/mol. The summed E-state index contributed by atoms with van der Waals surface area (Å²) in [5.74, 6) is 0.728. The Bertz CT molecular complexity index is 358. The van der Waals surface area contributed by atoms with Crippen LogP contribution in [0.3, 0.4) is 0 Å². The van der Waals surface area contributed by atoms with Gasteiger partial charge in [-0.05, 0) is 38.5 Å². The average Bonchev–Trinajstić information content (AvgIpc) is 2.75. The first-order valence-corrected chi connectivity index (χ1v) is 7.12. The van der Waals surface area contributed by atoms with Crippen molar-refractivity contribution in [1.82, 2.24) is 9.78 Å². The van der Waals surface area contributed by atoms with E-state index >= 15 is 0 Å². The third-order valence-corrected chi connectivity index (χ3v) is 3.72. The summed E-state index contributed by atoms with van der Waals surface area (Å²) >= 11 is 0. The number of ether oxygens (including phenoxy) is 1. The largest absolute Gasteiger partial charge is 0.378 e. The van der Waals surface area contributed by atoms with Crippen LogP contribution in [0.5, 0.6) is 0 Å². The Kier molecular flexibility index (Phi) is 4.78. The van der Waals surface area contributed by atoms with E-state index in [-0.39, 0.29) is 6.04 Å². The van der Waals surface area contributed by atoms with Crippen molar-refractivity contribution < 1.29 is 4.74 Å². The van der Waals surface area contributed by atoms with Gasteiger partial charge >= 0.3 is 0 Å². The van der Waals surface area contributed by atoms with E-state index in [2.05, 4.69) is 25.1 Å². The van der Waals surface area contributed by atoms with Gasteiger partial charge < -0.3 is 10.5 Å². The SMILES string of the molecule is CCCn1cc(C(N)CC2CC(OCC)C2)cn1. The quantitative estimate of drug-likeness (QED) is 0.810. The molecule has 2 rings (SSSR count). The molecule has 1 aliphatic rings. The fourth-order valence-corrected chi connectivity index (χ4v) is 2.66. The zero-order chi connectivity index (χ0) is 13.0. The molecule has 1 heterocycles. The number of nitrogens with two attached hydrogens (primary N) is 1. The molecule has 1 unspecified atom stereocenters. The summed E-state index contributed by atoms with van der Waals surface area (Å²) in [5, 5.41) is 4.33. The fourth-order valence-electron chi connectivity index (χ4n) is 2.66. The number of aromatic nitrogens is 2. The Balaban J connectivity index is 1.76. The highest BCUT2D eigenvalue weighted by Crippen LogP contribution is 2.36. The fraction of sp³-hybridized carbons (Fsp3) is 0.786. The molecule has 1 atom stereocenters. The molecule has 0 radical (unpaired) electrons. The first-order chi connectivity index (χ1) is 8.72. The maximum absolute atomic E-state index is 6.24. The Morgan fingerprint density at radius 1 is 1.50 bits per heavy atom.